The lowest BCUT2D eigenvalue weighted by Crippen LogP contribution is -2.42. The van der Waals surface area contributed by atoms with Crippen molar-refractivity contribution in [3.8, 4) is 5.75 Å². The molecule has 1 aromatic heterocycles. The number of esters is 1. The standard InChI is InChI=1S/C29H32ClN5O5S/c1-3-14-39-27(37)25-19(2)31-28-32-29(41-18-21-6-4-5-7-23(21)30)33-35(28)26(25)20-8-10-22(11-9-20)40-17-24(36)34-12-15-38-16-13-34/h4-11,26H,3,12-18H2,1-2H3,(H,31,32,33). The van der Waals surface area contributed by atoms with E-state index in [-0.39, 0.29) is 12.5 Å². The summed E-state index contributed by atoms with van der Waals surface area (Å²) >= 11 is 7.80. The summed E-state index contributed by atoms with van der Waals surface area (Å²) < 4.78 is 18.3. The first kappa shape index (κ1) is 29.0. The van der Waals surface area contributed by atoms with Crippen molar-refractivity contribution < 1.29 is 23.8 Å². The molecule has 216 valence electrons. The van der Waals surface area contributed by atoms with Gasteiger partial charge in [0.25, 0.3) is 5.91 Å². The van der Waals surface area contributed by atoms with Gasteiger partial charge in [0.1, 0.15) is 11.8 Å². The van der Waals surface area contributed by atoms with E-state index in [2.05, 4.69) is 10.3 Å². The summed E-state index contributed by atoms with van der Waals surface area (Å²) in [7, 11) is 0. The number of ether oxygens (including phenoxy) is 3. The van der Waals surface area contributed by atoms with Gasteiger partial charge in [-0.05, 0) is 42.7 Å². The van der Waals surface area contributed by atoms with Crippen LogP contribution in [0.5, 0.6) is 5.75 Å². The van der Waals surface area contributed by atoms with E-state index in [4.69, 9.17) is 30.9 Å². The van der Waals surface area contributed by atoms with Crippen LogP contribution < -0.4 is 10.1 Å². The Hall–Kier alpha value is -3.54. The van der Waals surface area contributed by atoms with E-state index in [0.29, 0.717) is 78.2 Å². The third-order valence-electron chi connectivity index (χ3n) is 6.73. The Bertz CT molecular complexity index is 1420. The van der Waals surface area contributed by atoms with Crippen LogP contribution >= 0.6 is 23.4 Å². The van der Waals surface area contributed by atoms with Gasteiger partial charge < -0.3 is 24.4 Å². The summed E-state index contributed by atoms with van der Waals surface area (Å²) in [5, 5.41) is 9.23. The molecule has 1 amide bonds. The van der Waals surface area contributed by atoms with Crippen molar-refractivity contribution in [3.63, 3.8) is 0 Å². The molecule has 0 saturated carbocycles. The fraction of sp³-hybridized carbons (Fsp3) is 0.379. The lowest BCUT2D eigenvalue weighted by molar-refractivity contribution is -0.139. The number of thioether (sulfide) groups is 1. The number of nitrogens with one attached hydrogen (secondary N) is 1. The fourth-order valence-corrected chi connectivity index (χ4v) is 5.71. The number of nitrogens with zero attached hydrogens (tertiary/aromatic N) is 4. The molecule has 0 spiro atoms. The molecule has 1 unspecified atom stereocenters. The molecule has 3 heterocycles. The predicted octanol–water partition coefficient (Wildman–Crippen LogP) is 4.70. The third-order valence-corrected chi connectivity index (χ3v) is 7.98. The van der Waals surface area contributed by atoms with E-state index in [1.165, 1.54) is 11.8 Å². The quantitative estimate of drug-likeness (QED) is 0.263. The largest absolute Gasteiger partial charge is 0.484 e. The number of aromatic nitrogens is 3. The zero-order valence-corrected chi connectivity index (χ0v) is 24.5. The maximum atomic E-state index is 13.2. The molecule has 2 aliphatic rings. The van der Waals surface area contributed by atoms with Crippen LogP contribution in [0.2, 0.25) is 5.02 Å². The molecule has 10 nitrogen and oxygen atoms in total. The highest BCUT2D eigenvalue weighted by molar-refractivity contribution is 7.98. The van der Waals surface area contributed by atoms with Gasteiger partial charge in [-0.2, -0.15) is 4.98 Å². The number of carbonyl (C=O) groups is 2. The van der Waals surface area contributed by atoms with Crippen LogP contribution in [-0.4, -0.2) is 71.1 Å². The van der Waals surface area contributed by atoms with Gasteiger partial charge in [-0.15, -0.1) is 5.10 Å². The first-order chi connectivity index (χ1) is 19.9. The number of carbonyl (C=O) groups excluding carboxylic acids is 2. The number of amides is 1. The second kappa shape index (κ2) is 13.4. The number of halogens is 1. The Morgan fingerprint density at radius 1 is 1.15 bits per heavy atom. The average Bonchev–Trinajstić information content (AvgIpc) is 3.40. The van der Waals surface area contributed by atoms with Gasteiger partial charge in [-0.3, -0.25) is 4.79 Å². The second-order valence-electron chi connectivity index (χ2n) is 9.60. The van der Waals surface area contributed by atoms with Crippen LogP contribution in [0.15, 0.2) is 65.0 Å². The Morgan fingerprint density at radius 2 is 1.90 bits per heavy atom. The van der Waals surface area contributed by atoms with Crippen molar-refractivity contribution in [1.29, 1.82) is 0 Å². The minimum Gasteiger partial charge on any atom is -0.484 e. The first-order valence-corrected chi connectivity index (χ1v) is 14.9. The number of hydrogen-bond acceptors (Lipinski definition) is 9. The molecule has 1 atom stereocenters. The molecule has 41 heavy (non-hydrogen) atoms. The van der Waals surface area contributed by atoms with Crippen LogP contribution in [0.4, 0.5) is 5.95 Å². The van der Waals surface area contributed by atoms with Crippen LogP contribution in [-0.2, 0) is 24.8 Å². The molecule has 1 N–H and O–H groups in total. The second-order valence-corrected chi connectivity index (χ2v) is 10.9. The number of rotatable bonds is 10. The van der Waals surface area contributed by atoms with Gasteiger partial charge in [0.15, 0.2) is 6.61 Å². The molecule has 3 aromatic rings. The number of allylic oxidation sites excluding steroid dienone is 1. The van der Waals surface area contributed by atoms with Crippen molar-refractivity contribution in [3.05, 3.63) is 76.0 Å². The molecule has 2 aromatic carbocycles. The topological polar surface area (TPSA) is 108 Å². The summed E-state index contributed by atoms with van der Waals surface area (Å²) in [6, 6.07) is 14.4. The Balaban J connectivity index is 1.37. The van der Waals surface area contributed by atoms with Crippen LogP contribution in [0.1, 0.15) is 37.4 Å². The van der Waals surface area contributed by atoms with Crippen LogP contribution in [0, 0.1) is 0 Å². The van der Waals surface area contributed by atoms with Gasteiger partial charge in [0.2, 0.25) is 11.1 Å². The highest BCUT2D eigenvalue weighted by atomic mass is 35.5. The Morgan fingerprint density at radius 3 is 2.63 bits per heavy atom. The minimum absolute atomic E-state index is 0.0560. The van der Waals surface area contributed by atoms with E-state index in [0.717, 1.165) is 11.1 Å². The smallest absolute Gasteiger partial charge is 0.338 e. The molecule has 1 saturated heterocycles. The van der Waals surface area contributed by atoms with Crippen molar-refractivity contribution in [2.24, 2.45) is 0 Å². The summed E-state index contributed by atoms with van der Waals surface area (Å²) in [5.74, 6) is 1.18. The molecule has 1 fully saturated rings. The Kier molecular flexibility index (Phi) is 9.48. The number of morpholine rings is 1. The number of hydrogen-bond donors (Lipinski definition) is 1. The van der Waals surface area contributed by atoms with E-state index < -0.39 is 12.0 Å². The number of fused-ring (bicyclic) bond motifs is 1. The lowest BCUT2D eigenvalue weighted by atomic mass is 9.96. The molecule has 0 aliphatic carbocycles. The van der Waals surface area contributed by atoms with Crippen LogP contribution in [0.3, 0.4) is 0 Å². The first-order valence-electron chi connectivity index (χ1n) is 13.5. The molecule has 5 rings (SSSR count). The summed E-state index contributed by atoms with van der Waals surface area (Å²) in [6.45, 7) is 6.25. The van der Waals surface area contributed by atoms with Crippen molar-refractivity contribution in [1.82, 2.24) is 19.7 Å². The maximum Gasteiger partial charge on any atom is 0.338 e. The minimum atomic E-state index is -0.568. The predicted molar refractivity (Wildman–Crippen MR) is 156 cm³/mol. The lowest BCUT2D eigenvalue weighted by Gasteiger charge is -2.28. The Labute approximate surface area is 248 Å². The van der Waals surface area contributed by atoms with Gasteiger partial charge in [0, 0.05) is 29.6 Å². The van der Waals surface area contributed by atoms with Gasteiger partial charge >= 0.3 is 5.97 Å². The summed E-state index contributed by atoms with van der Waals surface area (Å²) in [6.07, 6.45) is 0.711. The number of anilines is 1. The van der Waals surface area contributed by atoms with Crippen molar-refractivity contribution >= 4 is 41.2 Å². The molecular weight excluding hydrogens is 566 g/mol. The molecule has 0 bridgehead atoms. The summed E-state index contributed by atoms with van der Waals surface area (Å²) in [5.41, 5.74) is 2.89. The van der Waals surface area contributed by atoms with Crippen molar-refractivity contribution in [2.45, 2.75) is 37.2 Å². The molecule has 12 heteroatoms. The monoisotopic (exact) mass is 597 g/mol. The third kappa shape index (κ3) is 6.86. The highest BCUT2D eigenvalue weighted by Gasteiger charge is 2.35. The van der Waals surface area contributed by atoms with E-state index in [9.17, 15) is 9.59 Å². The van der Waals surface area contributed by atoms with E-state index >= 15 is 0 Å². The summed E-state index contributed by atoms with van der Waals surface area (Å²) in [4.78, 5) is 32.1. The zero-order valence-electron chi connectivity index (χ0n) is 23.0. The number of benzene rings is 2. The highest BCUT2D eigenvalue weighted by Crippen LogP contribution is 2.38. The van der Waals surface area contributed by atoms with Crippen molar-refractivity contribution in [2.75, 3.05) is 44.8 Å². The van der Waals surface area contributed by atoms with Gasteiger partial charge in [0.05, 0.1) is 25.4 Å². The zero-order chi connectivity index (χ0) is 28.8. The van der Waals surface area contributed by atoms with Gasteiger partial charge in [-0.25, -0.2) is 9.48 Å². The van der Waals surface area contributed by atoms with Gasteiger partial charge in [-0.1, -0.05) is 60.6 Å². The molecule has 2 aliphatic heterocycles. The van der Waals surface area contributed by atoms with E-state index in [1.54, 1.807) is 21.7 Å². The average molecular weight is 598 g/mol. The maximum absolute atomic E-state index is 13.2. The molecule has 0 radical (unpaired) electrons. The fourth-order valence-electron chi connectivity index (χ4n) is 4.59. The normalized spacial score (nSPS) is 16.7. The molecular formula is C29H32ClN5O5S. The SMILES string of the molecule is CCCOC(=O)C1=C(C)Nc2nc(SCc3ccccc3Cl)nn2C1c1ccc(OCC(=O)N2CCOCC2)cc1. The van der Waals surface area contributed by atoms with E-state index in [1.807, 2.05) is 50.2 Å². The van der Waals surface area contributed by atoms with Crippen LogP contribution in [0.25, 0.3) is 0 Å².